The van der Waals surface area contributed by atoms with E-state index in [1.807, 2.05) is 32.0 Å². The van der Waals surface area contributed by atoms with Crippen LogP contribution in [0.1, 0.15) is 53.3 Å². The summed E-state index contributed by atoms with van der Waals surface area (Å²) in [5.74, 6) is 1.53. The third kappa shape index (κ3) is 5.40. The molecule has 9 nitrogen and oxygen atoms in total. The molecule has 0 spiro atoms. The highest BCUT2D eigenvalue weighted by molar-refractivity contribution is 7.90. The van der Waals surface area contributed by atoms with E-state index in [9.17, 15) is 13.2 Å². The molecule has 0 unspecified atom stereocenters. The van der Waals surface area contributed by atoms with Crippen molar-refractivity contribution in [2.75, 3.05) is 50.7 Å². The molecule has 0 N–H and O–H groups in total. The molecule has 0 radical (unpaired) electrons. The van der Waals surface area contributed by atoms with E-state index in [0.717, 1.165) is 49.5 Å². The number of rotatable bonds is 6. The number of piperazine rings is 1. The first kappa shape index (κ1) is 26.9. The molecule has 2 aliphatic rings. The average molecular weight is 520 g/mol. The third-order valence-corrected chi connectivity index (χ3v) is 9.19. The zero-order chi connectivity index (χ0) is 26.3. The van der Waals surface area contributed by atoms with Gasteiger partial charge >= 0.3 is 10.2 Å². The predicted molar refractivity (Wildman–Crippen MR) is 142 cm³/mol. The number of benzene rings is 1. The summed E-state index contributed by atoms with van der Waals surface area (Å²) < 4.78 is 37.5. The quantitative estimate of drug-likeness (QED) is 0.585. The zero-order valence-corrected chi connectivity index (χ0v) is 23.3. The molecular formula is C26H41N5O4S. The lowest BCUT2D eigenvalue weighted by Gasteiger charge is -2.36. The number of fused-ring (bicyclic) bond motifs is 1. The Hall–Kier alpha value is -2.17. The van der Waals surface area contributed by atoms with Crippen LogP contribution in [0.25, 0.3) is 11.0 Å². The maximum absolute atomic E-state index is 13.4. The summed E-state index contributed by atoms with van der Waals surface area (Å²) in [6, 6.07) is 5.74. The molecule has 2 fully saturated rings. The van der Waals surface area contributed by atoms with Crippen LogP contribution in [-0.4, -0.2) is 79.5 Å². The molecule has 0 saturated carbocycles. The summed E-state index contributed by atoms with van der Waals surface area (Å²) >= 11 is 0. The van der Waals surface area contributed by atoms with Crippen molar-refractivity contribution in [1.29, 1.82) is 0 Å². The van der Waals surface area contributed by atoms with E-state index in [1.54, 1.807) is 11.9 Å². The fourth-order valence-electron chi connectivity index (χ4n) is 5.07. The van der Waals surface area contributed by atoms with Crippen molar-refractivity contribution >= 4 is 32.8 Å². The molecule has 1 amide bonds. The largest absolute Gasteiger partial charge is 0.381 e. The van der Waals surface area contributed by atoms with E-state index in [1.165, 1.54) is 8.61 Å². The van der Waals surface area contributed by atoms with Gasteiger partial charge in [-0.25, -0.2) is 4.98 Å². The van der Waals surface area contributed by atoms with Crippen LogP contribution in [0.2, 0.25) is 0 Å². The lowest BCUT2D eigenvalue weighted by atomic mass is 9.94. The Kier molecular flexibility index (Phi) is 7.69. The Morgan fingerprint density at radius 1 is 1.14 bits per heavy atom. The number of imidazole rings is 1. The van der Waals surface area contributed by atoms with E-state index in [4.69, 9.17) is 9.72 Å². The van der Waals surface area contributed by atoms with Crippen molar-refractivity contribution in [3.8, 4) is 0 Å². The van der Waals surface area contributed by atoms with Gasteiger partial charge in [-0.2, -0.15) is 12.7 Å². The van der Waals surface area contributed by atoms with E-state index in [0.29, 0.717) is 37.8 Å². The number of hydrogen-bond acceptors (Lipinski definition) is 5. The van der Waals surface area contributed by atoms with Gasteiger partial charge in [0.1, 0.15) is 5.82 Å². The number of amides is 1. The number of aromatic nitrogens is 2. The highest BCUT2D eigenvalue weighted by Gasteiger charge is 2.33. The van der Waals surface area contributed by atoms with Gasteiger partial charge in [-0.3, -0.25) is 9.10 Å². The van der Waals surface area contributed by atoms with E-state index in [2.05, 4.69) is 25.3 Å². The second-order valence-corrected chi connectivity index (χ2v) is 13.3. The molecule has 2 saturated heterocycles. The SMILES string of the molecule is CC(C)C(=O)N1CCN(S(=O)(=O)N(C)c2ccc3c(c2)nc(C(C)(C)C)n3CC2CCOCC2)CC1. The molecule has 0 atom stereocenters. The Balaban J connectivity index is 1.58. The van der Waals surface area contributed by atoms with Crippen molar-refractivity contribution < 1.29 is 17.9 Å². The predicted octanol–water partition coefficient (Wildman–Crippen LogP) is 3.24. The van der Waals surface area contributed by atoms with Crippen molar-refractivity contribution in [2.45, 2.75) is 59.4 Å². The van der Waals surface area contributed by atoms with E-state index >= 15 is 0 Å². The molecule has 0 aliphatic carbocycles. The van der Waals surface area contributed by atoms with Gasteiger partial charge in [-0.15, -0.1) is 0 Å². The van der Waals surface area contributed by atoms with E-state index < -0.39 is 10.2 Å². The smallest absolute Gasteiger partial charge is 0.303 e. The maximum Gasteiger partial charge on any atom is 0.303 e. The Bertz CT molecular complexity index is 1190. The van der Waals surface area contributed by atoms with Gasteiger partial charge in [-0.1, -0.05) is 34.6 Å². The summed E-state index contributed by atoms with van der Waals surface area (Å²) in [5, 5.41) is 0. The van der Waals surface area contributed by atoms with Crippen molar-refractivity contribution in [1.82, 2.24) is 18.8 Å². The second kappa shape index (κ2) is 10.3. The summed E-state index contributed by atoms with van der Waals surface area (Å²) in [5.41, 5.74) is 2.27. The van der Waals surface area contributed by atoms with Crippen LogP contribution in [0.15, 0.2) is 18.2 Å². The first-order valence-corrected chi connectivity index (χ1v) is 14.4. The fraction of sp³-hybridized carbons (Fsp3) is 0.692. The normalized spacial score (nSPS) is 18.8. The minimum Gasteiger partial charge on any atom is -0.381 e. The molecule has 0 bridgehead atoms. The van der Waals surface area contributed by atoms with Gasteiger partial charge in [0.2, 0.25) is 5.91 Å². The number of carbonyl (C=O) groups excluding carboxylic acids is 1. The summed E-state index contributed by atoms with van der Waals surface area (Å²) in [4.78, 5) is 19.0. The maximum atomic E-state index is 13.4. The van der Waals surface area contributed by atoms with Crippen LogP contribution in [-0.2, 0) is 31.7 Å². The summed E-state index contributed by atoms with van der Waals surface area (Å²) in [7, 11) is -2.14. The third-order valence-electron chi connectivity index (χ3n) is 7.26. The van der Waals surface area contributed by atoms with Crippen LogP contribution in [0.5, 0.6) is 0 Å². The molecule has 2 aliphatic heterocycles. The number of carbonyl (C=O) groups is 1. The van der Waals surface area contributed by atoms with Gasteiger partial charge in [0.25, 0.3) is 0 Å². The van der Waals surface area contributed by atoms with Gasteiger partial charge in [0.05, 0.1) is 16.7 Å². The molecular weight excluding hydrogens is 478 g/mol. The molecule has 3 heterocycles. The topological polar surface area (TPSA) is 88.0 Å². The molecule has 36 heavy (non-hydrogen) atoms. The average Bonchev–Trinajstić information content (AvgIpc) is 3.21. The van der Waals surface area contributed by atoms with Gasteiger partial charge in [0, 0.05) is 64.3 Å². The summed E-state index contributed by atoms with van der Waals surface area (Å²) in [6.07, 6.45) is 2.08. The van der Waals surface area contributed by atoms with Crippen LogP contribution in [0.3, 0.4) is 0 Å². The van der Waals surface area contributed by atoms with Crippen molar-refractivity contribution in [2.24, 2.45) is 11.8 Å². The van der Waals surface area contributed by atoms with Gasteiger partial charge < -0.3 is 14.2 Å². The molecule has 1 aromatic heterocycles. The highest BCUT2D eigenvalue weighted by Crippen LogP contribution is 2.32. The zero-order valence-electron chi connectivity index (χ0n) is 22.5. The van der Waals surface area contributed by atoms with Crippen LogP contribution < -0.4 is 4.31 Å². The number of anilines is 1. The standard InChI is InChI=1S/C26H41N5O4S/c1-19(2)24(32)29-11-13-30(14-12-29)36(33,34)28(6)21-7-8-23-22(17-21)27-25(26(3,4)5)31(23)18-20-9-15-35-16-10-20/h7-8,17,19-20H,9-16,18H2,1-6H3. The van der Waals surface area contributed by atoms with Crippen LogP contribution in [0, 0.1) is 11.8 Å². The van der Waals surface area contributed by atoms with Gasteiger partial charge in [-0.05, 0) is 37.0 Å². The minimum absolute atomic E-state index is 0.0665. The Morgan fingerprint density at radius 2 is 1.78 bits per heavy atom. The number of hydrogen-bond donors (Lipinski definition) is 0. The van der Waals surface area contributed by atoms with E-state index in [-0.39, 0.29) is 17.2 Å². The number of ether oxygens (including phenoxy) is 1. The molecule has 1 aromatic carbocycles. The van der Waals surface area contributed by atoms with Crippen molar-refractivity contribution in [3.05, 3.63) is 24.0 Å². The Morgan fingerprint density at radius 3 is 2.36 bits per heavy atom. The number of nitrogens with zero attached hydrogens (tertiary/aromatic N) is 5. The first-order valence-electron chi connectivity index (χ1n) is 13.0. The van der Waals surface area contributed by atoms with Crippen molar-refractivity contribution in [3.63, 3.8) is 0 Å². The molecule has 200 valence electrons. The monoisotopic (exact) mass is 519 g/mol. The Labute approximate surface area is 215 Å². The minimum atomic E-state index is -3.73. The van der Waals surface area contributed by atoms with Crippen LogP contribution >= 0.6 is 0 Å². The molecule has 2 aromatic rings. The van der Waals surface area contributed by atoms with Crippen LogP contribution in [0.4, 0.5) is 5.69 Å². The van der Waals surface area contributed by atoms with Gasteiger partial charge in [0.15, 0.2) is 0 Å². The molecule has 4 rings (SSSR count). The summed E-state index contributed by atoms with van der Waals surface area (Å²) in [6.45, 7) is 14.1. The molecule has 10 heteroatoms. The fourth-order valence-corrected chi connectivity index (χ4v) is 6.42. The lowest BCUT2D eigenvalue weighted by molar-refractivity contribution is -0.135. The highest BCUT2D eigenvalue weighted by atomic mass is 32.2. The first-order chi connectivity index (χ1) is 16.9. The lowest BCUT2D eigenvalue weighted by Crippen LogP contribution is -2.54. The second-order valence-electron chi connectivity index (χ2n) is 11.4.